The van der Waals surface area contributed by atoms with Gasteiger partial charge in [-0.25, -0.2) is 0 Å². The first-order valence-corrected chi connectivity index (χ1v) is 5.50. The molecular formula is C12H18ClNO3. The summed E-state index contributed by atoms with van der Waals surface area (Å²) in [6, 6.07) is 9.36. The molecular weight excluding hydrogens is 242 g/mol. The fourth-order valence-electron chi connectivity index (χ4n) is 1.98. The molecule has 1 aromatic carbocycles. The Balaban J connectivity index is 0.00000144. The van der Waals surface area contributed by atoms with Gasteiger partial charge in [0.15, 0.2) is 0 Å². The highest BCUT2D eigenvalue weighted by atomic mass is 35.5. The first kappa shape index (κ1) is 14.4. The van der Waals surface area contributed by atoms with Crippen molar-refractivity contribution in [3.63, 3.8) is 0 Å². The number of morpholine rings is 1. The van der Waals surface area contributed by atoms with Gasteiger partial charge in [0.05, 0.1) is 19.8 Å². The maximum Gasteiger partial charge on any atom is 0.205 e. The molecule has 2 N–H and O–H groups in total. The van der Waals surface area contributed by atoms with Crippen molar-refractivity contribution in [3.8, 4) is 0 Å². The van der Waals surface area contributed by atoms with Gasteiger partial charge in [-0.2, -0.15) is 0 Å². The first-order chi connectivity index (χ1) is 7.74. The summed E-state index contributed by atoms with van der Waals surface area (Å²) >= 11 is 0. The second-order valence-corrected chi connectivity index (χ2v) is 4.00. The van der Waals surface area contributed by atoms with Crippen LogP contribution in [-0.4, -0.2) is 48.0 Å². The molecule has 1 fully saturated rings. The van der Waals surface area contributed by atoms with E-state index in [0.29, 0.717) is 19.7 Å². The Hall–Kier alpha value is -0.650. The topological polar surface area (TPSA) is 52.9 Å². The standard InChI is InChI=1S/C12H17NO3.ClH/c14-8-6-13-7-9-16-12(15,10-13)11-4-2-1-3-5-11;/h1-5,14-15H,6-10H2;1H. The monoisotopic (exact) mass is 259 g/mol. The van der Waals surface area contributed by atoms with E-state index in [1.54, 1.807) is 0 Å². The number of ether oxygens (including phenoxy) is 1. The van der Waals surface area contributed by atoms with Crippen molar-refractivity contribution in [1.82, 2.24) is 4.90 Å². The van der Waals surface area contributed by atoms with Gasteiger partial charge in [-0.15, -0.1) is 12.4 Å². The molecule has 0 bridgehead atoms. The van der Waals surface area contributed by atoms with Crippen molar-refractivity contribution in [3.05, 3.63) is 35.9 Å². The maximum absolute atomic E-state index is 10.4. The average Bonchev–Trinajstić information content (AvgIpc) is 2.31. The lowest BCUT2D eigenvalue weighted by atomic mass is 10.0. The lowest BCUT2D eigenvalue weighted by molar-refractivity contribution is -0.248. The lowest BCUT2D eigenvalue weighted by Gasteiger charge is -2.39. The number of hydrogen-bond donors (Lipinski definition) is 2. The summed E-state index contributed by atoms with van der Waals surface area (Å²) in [5.41, 5.74) is 0.762. The zero-order chi connectivity index (χ0) is 11.4. The third kappa shape index (κ3) is 3.40. The van der Waals surface area contributed by atoms with Crippen LogP contribution in [0.4, 0.5) is 0 Å². The normalized spacial score (nSPS) is 25.3. The molecule has 2 rings (SSSR count). The van der Waals surface area contributed by atoms with Gasteiger partial charge < -0.3 is 14.9 Å². The van der Waals surface area contributed by atoms with Gasteiger partial charge in [0, 0.05) is 18.7 Å². The minimum Gasteiger partial charge on any atom is -0.395 e. The number of nitrogens with zero attached hydrogens (tertiary/aromatic N) is 1. The third-order valence-electron chi connectivity index (χ3n) is 2.83. The molecule has 0 radical (unpaired) electrons. The van der Waals surface area contributed by atoms with Crippen molar-refractivity contribution in [1.29, 1.82) is 0 Å². The number of hydrogen-bond acceptors (Lipinski definition) is 4. The van der Waals surface area contributed by atoms with Crippen LogP contribution in [0.1, 0.15) is 5.56 Å². The van der Waals surface area contributed by atoms with Gasteiger partial charge in [0.1, 0.15) is 0 Å². The predicted octanol–water partition coefficient (Wildman–Crippen LogP) is 0.578. The van der Waals surface area contributed by atoms with Gasteiger partial charge in [0.25, 0.3) is 0 Å². The van der Waals surface area contributed by atoms with Crippen LogP contribution >= 0.6 is 12.4 Å². The molecule has 0 aromatic heterocycles. The number of halogens is 1. The summed E-state index contributed by atoms with van der Waals surface area (Å²) in [4.78, 5) is 2.00. The van der Waals surface area contributed by atoms with E-state index in [1.165, 1.54) is 0 Å². The van der Waals surface area contributed by atoms with Crippen molar-refractivity contribution in [2.75, 3.05) is 32.8 Å². The predicted molar refractivity (Wildman–Crippen MR) is 67.1 cm³/mol. The van der Waals surface area contributed by atoms with Gasteiger partial charge in [-0.05, 0) is 0 Å². The van der Waals surface area contributed by atoms with Gasteiger partial charge in [-0.1, -0.05) is 30.3 Å². The molecule has 17 heavy (non-hydrogen) atoms. The Morgan fingerprint density at radius 1 is 1.29 bits per heavy atom. The molecule has 0 amide bonds. The molecule has 1 aliphatic heterocycles. The molecule has 0 saturated carbocycles. The van der Waals surface area contributed by atoms with E-state index in [1.807, 2.05) is 35.2 Å². The maximum atomic E-state index is 10.4. The summed E-state index contributed by atoms with van der Waals surface area (Å²) in [6.07, 6.45) is 0. The van der Waals surface area contributed by atoms with Gasteiger partial charge in [0.2, 0.25) is 5.79 Å². The third-order valence-corrected chi connectivity index (χ3v) is 2.83. The van der Waals surface area contributed by atoms with E-state index >= 15 is 0 Å². The summed E-state index contributed by atoms with van der Waals surface area (Å²) in [5.74, 6) is -1.24. The molecule has 1 heterocycles. The zero-order valence-electron chi connectivity index (χ0n) is 9.58. The minimum absolute atomic E-state index is 0. The molecule has 4 nitrogen and oxygen atoms in total. The molecule has 1 aromatic rings. The second-order valence-electron chi connectivity index (χ2n) is 4.00. The minimum atomic E-state index is -1.24. The molecule has 1 unspecified atom stereocenters. The van der Waals surface area contributed by atoms with Crippen LogP contribution in [0, 0.1) is 0 Å². The SMILES string of the molecule is Cl.OCCN1CCOC(O)(c2ccccc2)C1. The molecule has 96 valence electrons. The van der Waals surface area contributed by atoms with Gasteiger partial charge in [-0.3, -0.25) is 4.90 Å². The van der Waals surface area contributed by atoms with E-state index < -0.39 is 5.79 Å². The highest BCUT2D eigenvalue weighted by molar-refractivity contribution is 5.85. The highest BCUT2D eigenvalue weighted by Gasteiger charge is 2.35. The summed E-state index contributed by atoms with van der Waals surface area (Å²) in [5, 5.41) is 19.3. The molecule has 1 aliphatic rings. The quantitative estimate of drug-likeness (QED) is 0.834. The van der Waals surface area contributed by atoms with Crippen LogP contribution in [0.25, 0.3) is 0 Å². The highest BCUT2D eigenvalue weighted by Crippen LogP contribution is 2.26. The van der Waals surface area contributed by atoms with Crippen molar-refractivity contribution in [2.45, 2.75) is 5.79 Å². The number of benzene rings is 1. The smallest absolute Gasteiger partial charge is 0.205 e. The Morgan fingerprint density at radius 3 is 2.65 bits per heavy atom. The van der Waals surface area contributed by atoms with Crippen LogP contribution in [0.2, 0.25) is 0 Å². The van der Waals surface area contributed by atoms with E-state index in [2.05, 4.69) is 0 Å². The second kappa shape index (κ2) is 6.33. The van der Waals surface area contributed by atoms with E-state index in [0.717, 1.165) is 12.1 Å². The van der Waals surface area contributed by atoms with Crippen molar-refractivity contribution >= 4 is 12.4 Å². The van der Waals surface area contributed by atoms with Crippen LogP contribution in [-0.2, 0) is 10.5 Å². The van der Waals surface area contributed by atoms with E-state index in [9.17, 15) is 5.11 Å². The van der Waals surface area contributed by atoms with Crippen molar-refractivity contribution in [2.24, 2.45) is 0 Å². The Bertz CT molecular complexity index is 334. The lowest BCUT2D eigenvalue weighted by Crippen LogP contribution is -2.50. The summed E-state index contributed by atoms with van der Waals surface area (Å²) < 4.78 is 5.46. The van der Waals surface area contributed by atoms with Gasteiger partial charge >= 0.3 is 0 Å². The largest absolute Gasteiger partial charge is 0.395 e. The molecule has 5 heteroatoms. The molecule has 0 spiro atoms. The van der Waals surface area contributed by atoms with Crippen LogP contribution in [0.3, 0.4) is 0 Å². The molecule has 0 aliphatic carbocycles. The summed E-state index contributed by atoms with van der Waals surface area (Å²) in [6.45, 7) is 2.29. The fourth-order valence-corrected chi connectivity index (χ4v) is 1.98. The summed E-state index contributed by atoms with van der Waals surface area (Å²) in [7, 11) is 0. The Morgan fingerprint density at radius 2 is 2.00 bits per heavy atom. The number of aliphatic hydroxyl groups is 2. The zero-order valence-corrected chi connectivity index (χ0v) is 10.4. The fraction of sp³-hybridized carbons (Fsp3) is 0.500. The van der Waals surface area contributed by atoms with E-state index in [-0.39, 0.29) is 19.0 Å². The average molecular weight is 260 g/mol. The molecule has 1 saturated heterocycles. The van der Waals surface area contributed by atoms with Crippen LogP contribution in [0.15, 0.2) is 30.3 Å². The van der Waals surface area contributed by atoms with E-state index in [4.69, 9.17) is 9.84 Å². The Kier molecular flexibility index (Phi) is 5.36. The first-order valence-electron chi connectivity index (χ1n) is 5.50. The Labute approximate surface area is 107 Å². The van der Waals surface area contributed by atoms with Crippen LogP contribution in [0.5, 0.6) is 0 Å². The number of β-amino-alcohol motifs (C(OH)–C–C–N with tert-alkyl or cyclic N) is 2. The molecule has 1 atom stereocenters. The van der Waals surface area contributed by atoms with Crippen molar-refractivity contribution < 1.29 is 14.9 Å². The number of aliphatic hydroxyl groups excluding tert-OH is 1. The number of rotatable bonds is 3. The van der Waals surface area contributed by atoms with Crippen LogP contribution < -0.4 is 0 Å².